The second-order valence-electron chi connectivity index (χ2n) is 4.56. The molecule has 0 aliphatic heterocycles. The zero-order valence-electron chi connectivity index (χ0n) is 11.9. The topological polar surface area (TPSA) is 49.2 Å². The van der Waals surface area contributed by atoms with Crippen molar-refractivity contribution >= 4 is 11.8 Å². The first-order valence-electron chi connectivity index (χ1n) is 6.51. The summed E-state index contributed by atoms with van der Waals surface area (Å²) in [6.45, 7) is 4.64. The zero-order valence-corrected chi connectivity index (χ0v) is 12.8. The van der Waals surface area contributed by atoms with Gasteiger partial charge in [0.1, 0.15) is 17.8 Å². The summed E-state index contributed by atoms with van der Waals surface area (Å²) in [4.78, 5) is 0. The molecule has 6 heteroatoms. The molecule has 0 unspecified atom stereocenters. The van der Waals surface area contributed by atoms with E-state index < -0.39 is 0 Å². The lowest BCUT2D eigenvalue weighted by Crippen LogP contribution is -2.05. The maximum absolute atomic E-state index is 5.67. The van der Waals surface area contributed by atoms with Crippen molar-refractivity contribution < 1.29 is 9.47 Å². The first kappa shape index (κ1) is 14.7. The highest BCUT2D eigenvalue weighted by molar-refractivity contribution is 7.99. The van der Waals surface area contributed by atoms with Gasteiger partial charge in [0.05, 0.1) is 12.7 Å². The Morgan fingerprint density at radius 1 is 1.20 bits per heavy atom. The molecular weight excluding hydrogens is 274 g/mol. The van der Waals surface area contributed by atoms with Crippen molar-refractivity contribution in [1.82, 2.24) is 14.8 Å². The molecule has 0 fully saturated rings. The molecule has 0 bridgehead atoms. The highest BCUT2D eigenvalue weighted by atomic mass is 32.2. The number of hydrogen-bond acceptors (Lipinski definition) is 5. The van der Waals surface area contributed by atoms with Crippen LogP contribution in [0.25, 0.3) is 0 Å². The second kappa shape index (κ2) is 7.19. The molecule has 0 spiro atoms. The molecule has 0 saturated heterocycles. The van der Waals surface area contributed by atoms with E-state index in [1.807, 2.05) is 49.7 Å². The minimum absolute atomic E-state index is 0.185. The maximum atomic E-state index is 5.67. The Labute approximate surface area is 123 Å². The molecule has 2 aromatic rings. The number of ether oxygens (including phenoxy) is 2. The van der Waals surface area contributed by atoms with Crippen LogP contribution in [0.15, 0.2) is 35.7 Å². The third kappa shape index (κ3) is 4.45. The number of hydrogen-bond donors (Lipinski definition) is 0. The Morgan fingerprint density at radius 2 is 1.90 bits per heavy atom. The van der Waals surface area contributed by atoms with Gasteiger partial charge in [-0.25, -0.2) is 0 Å². The molecule has 5 nitrogen and oxygen atoms in total. The standard InChI is InChI=1S/C14H19N3O2S/c1-11(2)19-13-6-4-12(5-7-13)18-8-9-20-14-16-15-10-17(14)3/h4-7,10-11H,8-9H2,1-3H3. The van der Waals surface area contributed by atoms with Crippen LogP contribution in [0.1, 0.15) is 13.8 Å². The average Bonchev–Trinajstić information content (AvgIpc) is 2.82. The van der Waals surface area contributed by atoms with E-state index in [0.29, 0.717) is 6.61 Å². The number of benzene rings is 1. The molecule has 0 radical (unpaired) electrons. The minimum atomic E-state index is 0.185. The third-order valence-electron chi connectivity index (χ3n) is 2.45. The van der Waals surface area contributed by atoms with Gasteiger partial charge in [-0.1, -0.05) is 11.8 Å². The highest BCUT2D eigenvalue weighted by Crippen LogP contribution is 2.19. The van der Waals surface area contributed by atoms with Crippen LogP contribution in [-0.4, -0.2) is 33.2 Å². The molecule has 0 amide bonds. The summed E-state index contributed by atoms with van der Waals surface area (Å²) in [5.74, 6) is 2.54. The van der Waals surface area contributed by atoms with Crippen molar-refractivity contribution in [3.05, 3.63) is 30.6 Å². The van der Waals surface area contributed by atoms with Crippen molar-refractivity contribution in [2.75, 3.05) is 12.4 Å². The number of aryl methyl sites for hydroxylation is 1. The molecular formula is C14H19N3O2S. The van der Waals surface area contributed by atoms with Crippen molar-refractivity contribution in [3.63, 3.8) is 0 Å². The Morgan fingerprint density at radius 3 is 2.50 bits per heavy atom. The van der Waals surface area contributed by atoms with Gasteiger partial charge < -0.3 is 14.0 Å². The number of thioether (sulfide) groups is 1. The molecule has 0 atom stereocenters. The molecule has 1 heterocycles. The van der Waals surface area contributed by atoms with Crippen molar-refractivity contribution in [2.45, 2.75) is 25.1 Å². The van der Waals surface area contributed by atoms with Crippen LogP contribution in [-0.2, 0) is 7.05 Å². The average molecular weight is 293 g/mol. The van der Waals surface area contributed by atoms with Crippen LogP contribution >= 0.6 is 11.8 Å². The number of rotatable bonds is 7. The summed E-state index contributed by atoms with van der Waals surface area (Å²) in [5, 5.41) is 8.73. The quantitative estimate of drug-likeness (QED) is 0.580. The van der Waals surface area contributed by atoms with Crippen LogP contribution in [0, 0.1) is 0 Å². The minimum Gasteiger partial charge on any atom is -0.493 e. The molecule has 1 aromatic heterocycles. The van der Waals surface area contributed by atoms with E-state index in [0.717, 1.165) is 22.4 Å². The summed E-state index contributed by atoms with van der Waals surface area (Å²) in [6.07, 6.45) is 1.88. The molecule has 1 aromatic carbocycles. The van der Waals surface area contributed by atoms with Gasteiger partial charge in [0.25, 0.3) is 0 Å². The van der Waals surface area contributed by atoms with Crippen LogP contribution in [0.3, 0.4) is 0 Å². The van der Waals surface area contributed by atoms with E-state index in [9.17, 15) is 0 Å². The van der Waals surface area contributed by atoms with Gasteiger partial charge in [-0.05, 0) is 38.1 Å². The van der Waals surface area contributed by atoms with Crippen LogP contribution < -0.4 is 9.47 Å². The van der Waals surface area contributed by atoms with Gasteiger partial charge in [0.2, 0.25) is 0 Å². The van der Waals surface area contributed by atoms with Crippen LogP contribution in [0.5, 0.6) is 11.5 Å². The fourth-order valence-corrected chi connectivity index (χ4v) is 2.29. The largest absolute Gasteiger partial charge is 0.493 e. The molecule has 0 saturated carbocycles. The molecule has 0 aliphatic carbocycles. The predicted molar refractivity (Wildman–Crippen MR) is 79.4 cm³/mol. The van der Waals surface area contributed by atoms with E-state index in [-0.39, 0.29) is 6.10 Å². The number of nitrogens with zero attached hydrogens (tertiary/aromatic N) is 3. The monoisotopic (exact) mass is 293 g/mol. The third-order valence-corrected chi connectivity index (χ3v) is 3.45. The van der Waals surface area contributed by atoms with Gasteiger partial charge in [0.15, 0.2) is 5.16 Å². The lowest BCUT2D eigenvalue weighted by Gasteiger charge is -2.10. The summed E-state index contributed by atoms with van der Waals surface area (Å²) in [5.41, 5.74) is 0. The summed E-state index contributed by atoms with van der Waals surface area (Å²) in [6, 6.07) is 7.69. The first-order valence-corrected chi connectivity index (χ1v) is 7.50. The molecule has 0 N–H and O–H groups in total. The van der Waals surface area contributed by atoms with Gasteiger partial charge >= 0.3 is 0 Å². The number of aromatic nitrogens is 3. The Hall–Kier alpha value is -1.69. The van der Waals surface area contributed by atoms with Crippen molar-refractivity contribution in [1.29, 1.82) is 0 Å². The SMILES string of the molecule is CC(C)Oc1ccc(OCCSc2nncn2C)cc1. The molecule has 2 rings (SSSR count). The lowest BCUT2D eigenvalue weighted by atomic mass is 10.3. The Kier molecular flexibility index (Phi) is 5.29. The maximum Gasteiger partial charge on any atom is 0.190 e. The lowest BCUT2D eigenvalue weighted by molar-refractivity contribution is 0.242. The van der Waals surface area contributed by atoms with E-state index in [4.69, 9.17) is 9.47 Å². The first-order chi connectivity index (χ1) is 9.65. The van der Waals surface area contributed by atoms with Gasteiger partial charge in [-0.15, -0.1) is 10.2 Å². The van der Waals surface area contributed by atoms with E-state index in [1.165, 1.54) is 0 Å². The van der Waals surface area contributed by atoms with Crippen molar-refractivity contribution in [3.8, 4) is 11.5 Å². The van der Waals surface area contributed by atoms with Crippen LogP contribution in [0.2, 0.25) is 0 Å². The summed E-state index contributed by atoms with van der Waals surface area (Å²) >= 11 is 1.62. The predicted octanol–water partition coefficient (Wildman–Crippen LogP) is 2.77. The Balaban J connectivity index is 1.73. The molecule has 108 valence electrons. The second-order valence-corrected chi connectivity index (χ2v) is 5.62. The normalized spacial score (nSPS) is 10.8. The van der Waals surface area contributed by atoms with Gasteiger partial charge in [0, 0.05) is 12.8 Å². The van der Waals surface area contributed by atoms with Crippen molar-refractivity contribution in [2.24, 2.45) is 7.05 Å². The van der Waals surface area contributed by atoms with E-state index in [1.54, 1.807) is 18.1 Å². The molecule has 0 aliphatic rings. The smallest absolute Gasteiger partial charge is 0.190 e. The van der Waals surface area contributed by atoms with Crippen LogP contribution in [0.4, 0.5) is 0 Å². The summed E-state index contributed by atoms with van der Waals surface area (Å²) in [7, 11) is 1.93. The Bertz CT molecular complexity index is 525. The van der Waals surface area contributed by atoms with E-state index in [2.05, 4.69) is 10.2 Å². The zero-order chi connectivity index (χ0) is 14.4. The molecule has 20 heavy (non-hydrogen) atoms. The fraction of sp³-hybridized carbons (Fsp3) is 0.429. The summed E-state index contributed by atoms with van der Waals surface area (Å²) < 4.78 is 13.1. The van der Waals surface area contributed by atoms with Gasteiger partial charge in [-0.3, -0.25) is 0 Å². The fourth-order valence-electron chi connectivity index (χ4n) is 1.58. The van der Waals surface area contributed by atoms with E-state index >= 15 is 0 Å². The van der Waals surface area contributed by atoms with Gasteiger partial charge in [-0.2, -0.15) is 0 Å². The highest BCUT2D eigenvalue weighted by Gasteiger charge is 2.02.